The molecule has 29 heavy (non-hydrogen) atoms. The summed E-state index contributed by atoms with van der Waals surface area (Å²) < 4.78 is 16.8. The van der Waals surface area contributed by atoms with Crippen LogP contribution in [0.1, 0.15) is 40.8 Å². The van der Waals surface area contributed by atoms with Gasteiger partial charge in [0.2, 0.25) is 5.91 Å². The number of nitrogens with one attached hydrogen (secondary N) is 1. The second kappa shape index (κ2) is 7.95. The predicted molar refractivity (Wildman–Crippen MR) is 111 cm³/mol. The van der Waals surface area contributed by atoms with Gasteiger partial charge < -0.3 is 19.5 Å². The van der Waals surface area contributed by atoms with Crippen LogP contribution in [0.25, 0.3) is 0 Å². The summed E-state index contributed by atoms with van der Waals surface area (Å²) in [6.07, 6.45) is 1.90. The standard InChI is InChI=1S/C23H28N2O4/c1-14(26)24-12-17-9-18-16(11-22(17)28-3)7-8-25-13-19-15(10-20(18)25)5-6-21(27-2)23(19)29-4/h5-6,9,11,20H,7-8,10,12-13H2,1-4H3,(H,24,26). The van der Waals surface area contributed by atoms with E-state index in [2.05, 4.69) is 28.4 Å². The Morgan fingerprint density at radius 2 is 1.90 bits per heavy atom. The molecule has 0 radical (unpaired) electrons. The maximum absolute atomic E-state index is 11.4. The van der Waals surface area contributed by atoms with Gasteiger partial charge >= 0.3 is 0 Å². The highest BCUT2D eigenvalue weighted by atomic mass is 16.5. The molecule has 0 saturated carbocycles. The topological polar surface area (TPSA) is 60.0 Å². The zero-order valence-corrected chi connectivity index (χ0v) is 17.5. The molecule has 6 heteroatoms. The van der Waals surface area contributed by atoms with Gasteiger partial charge in [0.05, 0.1) is 21.3 Å². The molecular formula is C23H28N2O4. The second-order valence-electron chi connectivity index (χ2n) is 7.65. The van der Waals surface area contributed by atoms with Crippen molar-refractivity contribution in [2.45, 2.75) is 38.9 Å². The average Bonchev–Trinajstić information content (AvgIpc) is 2.74. The molecule has 0 spiro atoms. The fraction of sp³-hybridized carbons (Fsp3) is 0.435. The van der Waals surface area contributed by atoms with E-state index in [1.807, 2.05) is 6.07 Å². The van der Waals surface area contributed by atoms with Gasteiger partial charge in [-0.25, -0.2) is 0 Å². The third-order valence-electron chi connectivity index (χ3n) is 6.06. The first-order chi connectivity index (χ1) is 14.0. The van der Waals surface area contributed by atoms with Gasteiger partial charge in [0.15, 0.2) is 11.5 Å². The van der Waals surface area contributed by atoms with Crippen molar-refractivity contribution in [1.29, 1.82) is 0 Å². The van der Waals surface area contributed by atoms with Crippen molar-refractivity contribution in [1.82, 2.24) is 10.2 Å². The highest BCUT2D eigenvalue weighted by Crippen LogP contribution is 2.44. The lowest BCUT2D eigenvalue weighted by molar-refractivity contribution is -0.119. The van der Waals surface area contributed by atoms with Crippen LogP contribution in [0.3, 0.4) is 0 Å². The highest BCUT2D eigenvalue weighted by Gasteiger charge is 2.34. The Kier molecular flexibility index (Phi) is 5.37. The summed E-state index contributed by atoms with van der Waals surface area (Å²) >= 11 is 0. The van der Waals surface area contributed by atoms with Crippen LogP contribution in [0.4, 0.5) is 0 Å². The number of nitrogens with zero attached hydrogens (tertiary/aromatic N) is 1. The molecule has 4 rings (SSSR count). The Labute approximate surface area is 171 Å². The molecule has 0 bridgehead atoms. The molecule has 0 aromatic heterocycles. The number of benzene rings is 2. The zero-order valence-electron chi connectivity index (χ0n) is 17.5. The molecule has 2 heterocycles. The van der Waals surface area contributed by atoms with Crippen molar-refractivity contribution in [3.63, 3.8) is 0 Å². The molecule has 2 aliphatic rings. The number of amides is 1. The van der Waals surface area contributed by atoms with Gasteiger partial charge in [-0.15, -0.1) is 0 Å². The van der Waals surface area contributed by atoms with Crippen molar-refractivity contribution >= 4 is 5.91 Å². The number of rotatable bonds is 5. The lowest BCUT2D eigenvalue weighted by Gasteiger charge is -2.42. The lowest BCUT2D eigenvalue weighted by Crippen LogP contribution is -2.39. The van der Waals surface area contributed by atoms with E-state index < -0.39 is 0 Å². The van der Waals surface area contributed by atoms with Crippen LogP contribution >= 0.6 is 0 Å². The van der Waals surface area contributed by atoms with Crippen LogP contribution in [0, 0.1) is 0 Å². The molecule has 154 valence electrons. The van der Waals surface area contributed by atoms with Gasteiger partial charge in [-0.2, -0.15) is 0 Å². The minimum atomic E-state index is -0.0426. The minimum absolute atomic E-state index is 0.0426. The molecule has 1 amide bonds. The van der Waals surface area contributed by atoms with Crippen molar-refractivity contribution in [2.75, 3.05) is 27.9 Å². The van der Waals surface area contributed by atoms with Gasteiger partial charge in [0.1, 0.15) is 5.75 Å². The lowest BCUT2D eigenvalue weighted by atomic mass is 9.83. The van der Waals surface area contributed by atoms with Crippen molar-refractivity contribution in [3.05, 3.63) is 52.1 Å². The summed E-state index contributed by atoms with van der Waals surface area (Å²) in [7, 11) is 5.07. The van der Waals surface area contributed by atoms with Gasteiger partial charge in [-0.1, -0.05) is 6.07 Å². The molecule has 1 N–H and O–H groups in total. The predicted octanol–water partition coefficient (Wildman–Crippen LogP) is 3.00. The largest absolute Gasteiger partial charge is 0.496 e. The van der Waals surface area contributed by atoms with Crippen molar-refractivity contribution in [3.8, 4) is 17.2 Å². The SMILES string of the molecule is COc1cc2c(cc1CNC(C)=O)C1Cc3ccc(OC)c(OC)c3CN1CC2. The smallest absolute Gasteiger partial charge is 0.217 e. The number of hydrogen-bond acceptors (Lipinski definition) is 5. The summed E-state index contributed by atoms with van der Waals surface area (Å²) in [6.45, 7) is 3.84. The molecule has 0 saturated heterocycles. The molecule has 1 atom stereocenters. The van der Waals surface area contributed by atoms with Crippen LogP contribution < -0.4 is 19.5 Å². The number of carbonyl (C=O) groups excluding carboxylic acids is 1. The summed E-state index contributed by atoms with van der Waals surface area (Å²) in [6, 6.07) is 8.82. The molecule has 2 aromatic rings. The Morgan fingerprint density at radius 3 is 2.59 bits per heavy atom. The first kappa shape index (κ1) is 19.6. The summed E-state index contributed by atoms with van der Waals surface area (Å²) in [5, 5.41) is 2.90. The quantitative estimate of drug-likeness (QED) is 0.842. The van der Waals surface area contributed by atoms with Crippen molar-refractivity contribution in [2.24, 2.45) is 0 Å². The van der Waals surface area contributed by atoms with Crippen LogP contribution in [0.15, 0.2) is 24.3 Å². The van der Waals surface area contributed by atoms with E-state index in [0.29, 0.717) is 12.6 Å². The summed E-state index contributed by atoms with van der Waals surface area (Å²) in [4.78, 5) is 13.9. The van der Waals surface area contributed by atoms with Crippen LogP contribution in [0.2, 0.25) is 0 Å². The monoisotopic (exact) mass is 396 g/mol. The first-order valence-corrected chi connectivity index (χ1v) is 9.96. The molecule has 6 nitrogen and oxygen atoms in total. The molecule has 1 unspecified atom stereocenters. The van der Waals surface area contributed by atoms with E-state index in [1.54, 1.807) is 21.3 Å². The molecule has 0 fully saturated rings. The third kappa shape index (κ3) is 3.53. The summed E-state index contributed by atoms with van der Waals surface area (Å²) in [5.74, 6) is 2.42. The number of ether oxygens (including phenoxy) is 3. The Balaban J connectivity index is 1.72. The fourth-order valence-electron chi connectivity index (χ4n) is 4.61. The fourth-order valence-corrected chi connectivity index (χ4v) is 4.61. The Bertz CT molecular complexity index is 941. The van der Waals surface area contributed by atoms with Gasteiger partial charge in [0, 0.05) is 43.7 Å². The maximum atomic E-state index is 11.4. The van der Waals surface area contributed by atoms with E-state index in [9.17, 15) is 4.79 Å². The molecular weight excluding hydrogens is 368 g/mol. The normalized spacial score (nSPS) is 17.6. The Morgan fingerprint density at radius 1 is 1.10 bits per heavy atom. The molecule has 2 aliphatic heterocycles. The number of carbonyl (C=O) groups is 1. The second-order valence-corrected chi connectivity index (χ2v) is 7.65. The van der Waals surface area contributed by atoms with Crippen molar-refractivity contribution < 1.29 is 19.0 Å². The first-order valence-electron chi connectivity index (χ1n) is 9.96. The molecule has 2 aromatic carbocycles. The zero-order chi connectivity index (χ0) is 20.5. The molecule has 0 aliphatic carbocycles. The minimum Gasteiger partial charge on any atom is -0.496 e. The number of fused-ring (bicyclic) bond motifs is 4. The van der Waals surface area contributed by atoms with E-state index in [0.717, 1.165) is 48.7 Å². The number of hydrogen-bond donors (Lipinski definition) is 1. The average molecular weight is 396 g/mol. The van der Waals surface area contributed by atoms with E-state index in [4.69, 9.17) is 14.2 Å². The van der Waals surface area contributed by atoms with Gasteiger partial charge in [-0.05, 0) is 47.7 Å². The van der Waals surface area contributed by atoms with Crippen LogP contribution in [0.5, 0.6) is 17.2 Å². The number of methoxy groups -OCH3 is 3. The van der Waals surface area contributed by atoms with Crippen LogP contribution in [-0.2, 0) is 30.7 Å². The van der Waals surface area contributed by atoms with Gasteiger partial charge in [0.25, 0.3) is 0 Å². The maximum Gasteiger partial charge on any atom is 0.217 e. The van der Waals surface area contributed by atoms with Crippen LogP contribution in [-0.4, -0.2) is 38.7 Å². The van der Waals surface area contributed by atoms with E-state index in [-0.39, 0.29) is 5.91 Å². The van der Waals surface area contributed by atoms with Gasteiger partial charge in [-0.3, -0.25) is 9.69 Å². The Hall–Kier alpha value is -2.73. The van der Waals surface area contributed by atoms with E-state index in [1.165, 1.54) is 29.2 Å². The summed E-state index contributed by atoms with van der Waals surface area (Å²) in [5.41, 5.74) is 6.20. The third-order valence-corrected chi connectivity index (χ3v) is 6.06. The highest BCUT2D eigenvalue weighted by molar-refractivity contribution is 5.73. The van der Waals surface area contributed by atoms with E-state index >= 15 is 0 Å².